The Morgan fingerprint density at radius 2 is 2.04 bits per heavy atom. The molecule has 0 aliphatic rings. The van der Waals surface area contributed by atoms with Crippen LogP contribution in [0, 0.1) is 0 Å². The Bertz CT molecular complexity index is 748. The Hall–Kier alpha value is -2.09. The number of aliphatic carboxylic acids is 1. The van der Waals surface area contributed by atoms with Gasteiger partial charge in [-0.25, -0.2) is 0 Å². The molecule has 7 heteroatoms. The summed E-state index contributed by atoms with van der Waals surface area (Å²) in [6.07, 6.45) is 1.00. The molecule has 7 nitrogen and oxygen atoms in total. The molecule has 2 aromatic rings. The fourth-order valence-corrected chi connectivity index (χ4v) is 2.73. The van der Waals surface area contributed by atoms with Crippen molar-refractivity contribution in [2.24, 2.45) is 5.73 Å². The third kappa shape index (κ3) is 4.94. The van der Waals surface area contributed by atoms with E-state index < -0.39 is 23.9 Å². The van der Waals surface area contributed by atoms with Gasteiger partial charge in [-0.1, -0.05) is 0 Å². The summed E-state index contributed by atoms with van der Waals surface area (Å²) in [5.74, 6) is -0.387. The summed E-state index contributed by atoms with van der Waals surface area (Å²) in [7, 11) is 1.57. The normalized spacial score (nSPS) is 14.5. The molecule has 0 aliphatic heterocycles. The van der Waals surface area contributed by atoms with E-state index in [9.17, 15) is 9.90 Å². The summed E-state index contributed by atoms with van der Waals surface area (Å²) >= 11 is 0. The summed E-state index contributed by atoms with van der Waals surface area (Å²) in [5, 5.41) is 20.1. The molecular weight excluding hydrogens is 324 g/mol. The minimum atomic E-state index is -1.06. The van der Waals surface area contributed by atoms with Gasteiger partial charge in [0.15, 0.2) is 6.29 Å². The van der Waals surface area contributed by atoms with Crippen LogP contribution in [0.4, 0.5) is 0 Å². The highest BCUT2D eigenvalue weighted by Gasteiger charge is 2.20. The number of nitrogens with zero attached hydrogens (tertiary/aromatic N) is 1. The van der Waals surface area contributed by atoms with Gasteiger partial charge >= 0.3 is 5.97 Å². The molecule has 0 saturated heterocycles. The number of aliphatic hydroxyl groups excluding tert-OH is 1. The van der Waals surface area contributed by atoms with Gasteiger partial charge in [0.25, 0.3) is 0 Å². The lowest BCUT2D eigenvalue weighted by Crippen LogP contribution is -2.32. The third-order valence-corrected chi connectivity index (χ3v) is 3.77. The van der Waals surface area contributed by atoms with Gasteiger partial charge in [0.1, 0.15) is 11.8 Å². The zero-order chi connectivity index (χ0) is 18.8. The van der Waals surface area contributed by atoms with Crippen LogP contribution in [0.5, 0.6) is 5.75 Å². The highest BCUT2D eigenvalue weighted by molar-refractivity contribution is 5.86. The summed E-state index contributed by atoms with van der Waals surface area (Å²) in [6, 6.07) is 4.53. The zero-order valence-corrected chi connectivity index (χ0v) is 15.0. The van der Waals surface area contributed by atoms with Crippen LogP contribution in [0.3, 0.4) is 0 Å². The third-order valence-electron chi connectivity index (χ3n) is 3.77. The summed E-state index contributed by atoms with van der Waals surface area (Å²) in [5.41, 5.74) is 6.85. The molecule has 4 N–H and O–H groups in total. The number of methoxy groups -OCH3 is 1. The number of hydrogen-bond donors (Lipinski definition) is 3. The Morgan fingerprint density at radius 3 is 2.60 bits per heavy atom. The van der Waals surface area contributed by atoms with Crippen molar-refractivity contribution in [3.05, 3.63) is 30.0 Å². The molecule has 0 radical (unpaired) electrons. The maximum absolute atomic E-state index is 11.1. The molecule has 0 fully saturated rings. The molecule has 1 aromatic carbocycles. The topological polar surface area (TPSA) is 107 Å². The molecule has 0 aliphatic carbocycles. The van der Waals surface area contributed by atoms with E-state index in [2.05, 4.69) is 0 Å². The highest BCUT2D eigenvalue weighted by atomic mass is 16.6. The number of rotatable bonds is 7. The van der Waals surface area contributed by atoms with Gasteiger partial charge < -0.3 is 30.0 Å². The first-order chi connectivity index (χ1) is 11.6. The number of hydrogen-bond acceptors (Lipinski definition) is 5. The van der Waals surface area contributed by atoms with Crippen LogP contribution >= 0.6 is 0 Å². The smallest absolute Gasteiger partial charge is 0.320 e. The van der Waals surface area contributed by atoms with Crippen LogP contribution in [0.2, 0.25) is 0 Å². The van der Waals surface area contributed by atoms with Crippen molar-refractivity contribution in [3.63, 3.8) is 0 Å². The quantitative estimate of drug-likeness (QED) is 0.657. The lowest BCUT2D eigenvalue weighted by atomic mass is 10.1. The fraction of sp³-hybridized carbons (Fsp3) is 0.500. The molecule has 0 spiro atoms. The summed E-state index contributed by atoms with van der Waals surface area (Å²) in [4.78, 5) is 11.1. The van der Waals surface area contributed by atoms with Crippen LogP contribution < -0.4 is 10.5 Å². The number of ether oxygens (including phenoxy) is 2. The highest BCUT2D eigenvalue weighted by Crippen LogP contribution is 2.27. The second-order valence-corrected chi connectivity index (χ2v) is 7.02. The number of nitrogens with two attached hydrogens (primary N) is 1. The van der Waals surface area contributed by atoms with Crippen molar-refractivity contribution < 1.29 is 24.5 Å². The van der Waals surface area contributed by atoms with Gasteiger partial charge in [-0.2, -0.15) is 0 Å². The van der Waals surface area contributed by atoms with E-state index in [0.29, 0.717) is 5.75 Å². The average Bonchev–Trinajstić information content (AvgIpc) is 2.82. The lowest BCUT2D eigenvalue weighted by molar-refractivity contribution is -0.171. The van der Waals surface area contributed by atoms with Crippen molar-refractivity contribution in [3.8, 4) is 5.75 Å². The number of carboxylic acid groups (broad SMARTS) is 1. The van der Waals surface area contributed by atoms with Crippen LogP contribution in [-0.4, -0.2) is 45.8 Å². The van der Waals surface area contributed by atoms with Crippen molar-refractivity contribution in [2.45, 2.75) is 51.7 Å². The lowest BCUT2D eigenvalue weighted by Gasteiger charge is -2.24. The first-order valence-electron chi connectivity index (χ1n) is 8.10. The molecular formula is C18H26N2O5. The molecule has 0 bridgehead atoms. The minimum absolute atomic E-state index is 0.183. The van der Waals surface area contributed by atoms with Gasteiger partial charge in [-0.15, -0.1) is 0 Å². The maximum Gasteiger partial charge on any atom is 0.320 e. The zero-order valence-electron chi connectivity index (χ0n) is 15.0. The molecule has 1 heterocycles. The second kappa shape index (κ2) is 7.43. The van der Waals surface area contributed by atoms with E-state index in [1.54, 1.807) is 7.11 Å². The van der Waals surface area contributed by atoms with Gasteiger partial charge in [0.2, 0.25) is 0 Å². The average molecular weight is 350 g/mol. The Labute approximate surface area is 146 Å². The van der Waals surface area contributed by atoms with Crippen molar-refractivity contribution in [1.29, 1.82) is 0 Å². The van der Waals surface area contributed by atoms with E-state index in [4.69, 9.17) is 20.3 Å². The van der Waals surface area contributed by atoms with Gasteiger partial charge in [0.05, 0.1) is 19.3 Å². The molecule has 1 aromatic heterocycles. The van der Waals surface area contributed by atoms with E-state index in [0.717, 1.165) is 16.5 Å². The van der Waals surface area contributed by atoms with Gasteiger partial charge in [-0.3, -0.25) is 4.79 Å². The predicted molar refractivity (Wildman–Crippen MR) is 94.7 cm³/mol. The van der Waals surface area contributed by atoms with Gasteiger partial charge in [0, 0.05) is 23.5 Å². The summed E-state index contributed by atoms with van der Waals surface area (Å²) < 4.78 is 12.7. The minimum Gasteiger partial charge on any atom is -0.497 e. The summed E-state index contributed by atoms with van der Waals surface area (Å²) in [6.45, 7) is 5.83. The van der Waals surface area contributed by atoms with Crippen molar-refractivity contribution >= 4 is 16.9 Å². The van der Waals surface area contributed by atoms with E-state index in [1.165, 1.54) is 0 Å². The predicted octanol–water partition coefficient (Wildman–Crippen LogP) is 1.74. The largest absolute Gasteiger partial charge is 0.497 e. The SMILES string of the molecule is COc1ccc2c(c1)c(C[C@H](N)C(=O)O)cn2C[C@@H](O)OC(C)(C)C. The molecule has 2 rings (SSSR count). The Morgan fingerprint density at radius 1 is 1.36 bits per heavy atom. The molecule has 2 atom stereocenters. The van der Waals surface area contributed by atoms with Crippen LogP contribution in [0.1, 0.15) is 26.3 Å². The van der Waals surface area contributed by atoms with Crippen LogP contribution in [-0.2, 0) is 22.5 Å². The van der Waals surface area contributed by atoms with Crippen LogP contribution in [0.15, 0.2) is 24.4 Å². The Balaban J connectivity index is 2.38. The standard InChI is InChI=1S/C18H26N2O5/c1-18(2,3)25-16(21)10-20-9-11(7-14(19)17(22)23)13-8-12(24-4)5-6-15(13)20/h5-6,8-9,14,16,21H,7,10,19H2,1-4H3,(H,22,23)/t14-,16-/m0/s1. The van der Waals surface area contributed by atoms with E-state index in [-0.39, 0.29) is 13.0 Å². The first kappa shape index (κ1) is 19.2. The first-order valence-corrected chi connectivity index (χ1v) is 8.10. The number of aliphatic hydroxyl groups is 1. The number of aromatic nitrogens is 1. The monoisotopic (exact) mass is 350 g/mol. The van der Waals surface area contributed by atoms with E-state index >= 15 is 0 Å². The molecule has 0 amide bonds. The van der Waals surface area contributed by atoms with Crippen molar-refractivity contribution in [2.75, 3.05) is 7.11 Å². The number of carbonyl (C=O) groups is 1. The number of benzene rings is 1. The molecule has 0 saturated carbocycles. The molecule has 138 valence electrons. The maximum atomic E-state index is 11.1. The number of fused-ring (bicyclic) bond motifs is 1. The fourth-order valence-electron chi connectivity index (χ4n) is 2.73. The Kier molecular flexibility index (Phi) is 5.72. The molecule has 25 heavy (non-hydrogen) atoms. The second-order valence-electron chi connectivity index (χ2n) is 7.02. The van der Waals surface area contributed by atoms with Crippen molar-refractivity contribution in [1.82, 2.24) is 4.57 Å². The van der Waals surface area contributed by atoms with Crippen LogP contribution in [0.25, 0.3) is 10.9 Å². The molecule has 0 unspecified atom stereocenters. The number of carboxylic acids is 1. The van der Waals surface area contributed by atoms with Gasteiger partial charge in [-0.05, 0) is 44.5 Å². The van der Waals surface area contributed by atoms with E-state index in [1.807, 2.05) is 49.7 Å².